The summed E-state index contributed by atoms with van der Waals surface area (Å²) in [5.74, 6) is -0.160. The predicted molar refractivity (Wildman–Crippen MR) is 102 cm³/mol. The van der Waals surface area contributed by atoms with Crippen molar-refractivity contribution in [3.8, 4) is 5.75 Å². The number of nitrogens with two attached hydrogens (primary N) is 1. The van der Waals surface area contributed by atoms with Gasteiger partial charge >= 0.3 is 0 Å². The van der Waals surface area contributed by atoms with Crippen LogP contribution in [0.15, 0.2) is 36.4 Å². The van der Waals surface area contributed by atoms with Crippen LogP contribution in [0.25, 0.3) is 0 Å². The average molecular weight is 378 g/mol. The van der Waals surface area contributed by atoms with Gasteiger partial charge < -0.3 is 20.7 Å². The molecule has 1 saturated heterocycles. The summed E-state index contributed by atoms with van der Waals surface area (Å²) in [7, 11) is 1.48. The second-order valence-electron chi connectivity index (χ2n) is 6.31. The monoisotopic (exact) mass is 377 g/mol. The number of anilines is 2. The maximum Gasteiger partial charge on any atom is 0.255 e. The minimum Gasteiger partial charge on any atom is -0.496 e. The predicted octanol–water partition coefficient (Wildman–Crippen LogP) is 3.47. The first-order valence-corrected chi connectivity index (χ1v) is 8.80. The Hall–Kier alpha value is -2.47. The number of hydrogen-bond acceptors (Lipinski definition) is 4. The Labute approximate surface area is 156 Å². The Morgan fingerprint density at radius 3 is 2.92 bits per heavy atom. The normalized spacial score (nSPS) is 17.0. The summed E-state index contributed by atoms with van der Waals surface area (Å²) in [6.07, 6.45) is 1.75. The second kappa shape index (κ2) is 7.83. The van der Waals surface area contributed by atoms with Crippen LogP contribution in [0, 0.1) is 5.82 Å². The van der Waals surface area contributed by atoms with E-state index in [-0.39, 0.29) is 17.8 Å². The van der Waals surface area contributed by atoms with Gasteiger partial charge in [-0.15, -0.1) is 0 Å². The van der Waals surface area contributed by atoms with Crippen LogP contribution in [0.2, 0.25) is 5.02 Å². The molecule has 0 bridgehead atoms. The molecule has 0 radical (unpaired) electrons. The zero-order valence-electron chi connectivity index (χ0n) is 14.5. The van der Waals surface area contributed by atoms with Crippen LogP contribution in [0.4, 0.5) is 15.8 Å². The molecule has 26 heavy (non-hydrogen) atoms. The summed E-state index contributed by atoms with van der Waals surface area (Å²) in [6.45, 7) is 1.44. The van der Waals surface area contributed by atoms with E-state index >= 15 is 0 Å². The van der Waals surface area contributed by atoms with Gasteiger partial charge in [-0.2, -0.15) is 0 Å². The number of nitrogens with one attached hydrogen (secondary N) is 1. The quantitative estimate of drug-likeness (QED) is 0.800. The van der Waals surface area contributed by atoms with Gasteiger partial charge in [0.1, 0.15) is 11.6 Å². The number of rotatable bonds is 4. The fourth-order valence-electron chi connectivity index (χ4n) is 3.18. The van der Waals surface area contributed by atoms with Crippen molar-refractivity contribution in [2.75, 3.05) is 30.8 Å². The Balaban J connectivity index is 1.72. The summed E-state index contributed by atoms with van der Waals surface area (Å²) in [5, 5.41) is 3.32. The first-order valence-electron chi connectivity index (χ1n) is 8.42. The number of nitrogen functional groups attached to an aromatic ring is 1. The molecule has 3 N–H and O–H groups in total. The largest absolute Gasteiger partial charge is 0.496 e. The Morgan fingerprint density at radius 1 is 1.38 bits per heavy atom. The summed E-state index contributed by atoms with van der Waals surface area (Å²) >= 11 is 6.04. The summed E-state index contributed by atoms with van der Waals surface area (Å²) in [6, 6.07) is 9.48. The van der Waals surface area contributed by atoms with E-state index in [9.17, 15) is 9.18 Å². The van der Waals surface area contributed by atoms with Crippen LogP contribution in [-0.4, -0.2) is 32.1 Å². The van der Waals surface area contributed by atoms with Crippen molar-refractivity contribution < 1.29 is 13.9 Å². The minimum atomic E-state index is -0.269. The zero-order chi connectivity index (χ0) is 18.7. The van der Waals surface area contributed by atoms with E-state index in [1.54, 1.807) is 6.07 Å². The number of hydrogen-bond donors (Lipinski definition) is 2. The SMILES string of the molecule is COc1cc(N)c(Cl)cc1C(=O)NC1CCCN(c2cccc(F)c2)C1. The number of amides is 1. The first-order chi connectivity index (χ1) is 12.5. The van der Waals surface area contributed by atoms with Gasteiger partial charge in [0.25, 0.3) is 5.91 Å². The number of nitrogens with zero attached hydrogens (tertiary/aromatic N) is 1. The van der Waals surface area contributed by atoms with E-state index < -0.39 is 0 Å². The third-order valence-corrected chi connectivity index (χ3v) is 4.82. The summed E-state index contributed by atoms with van der Waals surface area (Å²) in [4.78, 5) is 14.8. The highest BCUT2D eigenvalue weighted by molar-refractivity contribution is 6.33. The average Bonchev–Trinajstić information content (AvgIpc) is 2.63. The third kappa shape index (κ3) is 4.02. The van der Waals surface area contributed by atoms with Gasteiger partial charge in [0.15, 0.2) is 0 Å². The standard InChI is InChI=1S/C19H21ClFN3O2/c1-26-18-10-17(22)16(20)9-15(18)19(25)23-13-5-3-7-24(11-13)14-6-2-4-12(21)8-14/h2,4,6,8-10,13H,3,5,7,11,22H2,1H3,(H,23,25). The highest BCUT2D eigenvalue weighted by Gasteiger charge is 2.24. The molecule has 1 fully saturated rings. The van der Waals surface area contributed by atoms with Gasteiger partial charge in [0.2, 0.25) is 0 Å². The molecule has 1 atom stereocenters. The molecule has 1 aliphatic heterocycles. The third-order valence-electron chi connectivity index (χ3n) is 4.49. The second-order valence-corrected chi connectivity index (χ2v) is 6.72. The van der Waals surface area contributed by atoms with Gasteiger partial charge in [-0.05, 0) is 37.1 Å². The molecule has 1 heterocycles. The molecule has 138 valence electrons. The lowest BCUT2D eigenvalue weighted by atomic mass is 10.0. The Bertz CT molecular complexity index is 815. The number of ether oxygens (including phenoxy) is 1. The molecule has 3 rings (SSSR count). The van der Waals surface area contributed by atoms with Gasteiger partial charge in [0, 0.05) is 30.9 Å². The van der Waals surface area contributed by atoms with E-state index in [1.165, 1.54) is 31.4 Å². The topological polar surface area (TPSA) is 67.6 Å². The van der Waals surface area contributed by atoms with E-state index in [1.807, 2.05) is 6.07 Å². The fourth-order valence-corrected chi connectivity index (χ4v) is 3.34. The van der Waals surface area contributed by atoms with E-state index in [4.69, 9.17) is 22.1 Å². The van der Waals surface area contributed by atoms with Crippen molar-refractivity contribution in [3.05, 3.63) is 52.8 Å². The van der Waals surface area contributed by atoms with E-state index in [2.05, 4.69) is 10.2 Å². The number of halogens is 2. The van der Waals surface area contributed by atoms with Crippen LogP contribution in [-0.2, 0) is 0 Å². The maximum atomic E-state index is 13.5. The summed E-state index contributed by atoms with van der Waals surface area (Å²) in [5.41, 5.74) is 7.28. The lowest BCUT2D eigenvalue weighted by Crippen LogP contribution is -2.47. The molecule has 0 aromatic heterocycles. The molecule has 2 aromatic rings. The van der Waals surface area contributed by atoms with Crippen LogP contribution in [0.3, 0.4) is 0 Å². The van der Waals surface area contributed by atoms with Crippen molar-refractivity contribution in [3.63, 3.8) is 0 Å². The maximum absolute atomic E-state index is 13.5. The molecule has 1 aliphatic rings. The van der Waals surface area contributed by atoms with Gasteiger partial charge in [-0.3, -0.25) is 4.79 Å². The van der Waals surface area contributed by atoms with Crippen LogP contribution < -0.4 is 20.7 Å². The molecule has 0 saturated carbocycles. The Morgan fingerprint density at radius 2 is 2.19 bits per heavy atom. The number of methoxy groups -OCH3 is 1. The van der Waals surface area contributed by atoms with Crippen molar-refractivity contribution in [2.24, 2.45) is 0 Å². The zero-order valence-corrected chi connectivity index (χ0v) is 15.2. The van der Waals surface area contributed by atoms with Crippen molar-refractivity contribution >= 4 is 28.9 Å². The fraction of sp³-hybridized carbons (Fsp3) is 0.316. The van der Waals surface area contributed by atoms with E-state index in [0.717, 1.165) is 25.1 Å². The molecular formula is C19H21ClFN3O2. The van der Waals surface area contributed by atoms with Gasteiger partial charge in [-0.25, -0.2) is 4.39 Å². The van der Waals surface area contributed by atoms with E-state index in [0.29, 0.717) is 28.6 Å². The highest BCUT2D eigenvalue weighted by Crippen LogP contribution is 2.29. The molecule has 7 heteroatoms. The van der Waals surface area contributed by atoms with Gasteiger partial charge in [-0.1, -0.05) is 17.7 Å². The van der Waals surface area contributed by atoms with Crippen molar-refractivity contribution in [1.29, 1.82) is 0 Å². The van der Waals surface area contributed by atoms with Crippen molar-refractivity contribution in [2.45, 2.75) is 18.9 Å². The number of piperidine rings is 1. The molecule has 0 aliphatic carbocycles. The summed E-state index contributed by atoms with van der Waals surface area (Å²) < 4.78 is 18.7. The van der Waals surface area contributed by atoms with Crippen LogP contribution >= 0.6 is 11.6 Å². The lowest BCUT2D eigenvalue weighted by molar-refractivity contribution is 0.0930. The van der Waals surface area contributed by atoms with Crippen LogP contribution in [0.1, 0.15) is 23.2 Å². The first kappa shape index (κ1) is 18.3. The molecule has 5 nitrogen and oxygen atoms in total. The minimum absolute atomic E-state index is 0.0550. The smallest absolute Gasteiger partial charge is 0.255 e. The molecular weight excluding hydrogens is 357 g/mol. The lowest BCUT2D eigenvalue weighted by Gasteiger charge is -2.34. The molecule has 1 amide bonds. The van der Waals surface area contributed by atoms with Crippen LogP contribution in [0.5, 0.6) is 5.75 Å². The molecule has 0 spiro atoms. The Kier molecular flexibility index (Phi) is 5.52. The van der Waals surface area contributed by atoms with Gasteiger partial charge in [0.05, 0.1) is 23.4 Å². The molecule has 1 unspecified atom stereocenters. The highest BCUT2D eigenvalue weighted by atomic mass is 35.5. The number of carbonyl (C=O) groups is 1. The number of benzene rings is 2. The van der Waals surface area contributed by atoms with Crippen molar-refractivity contribution in [1.82, 2.24) is 5.32 Å². The molecule has 2 aromatic carbocycles. The number of carbonyl (C=O) groups excluding carboxylic acids is 1.